The van der Waals surface area contributed by atoms with Crippen LogP contribution >= 0.6 is 11.6 Å². The predicted molar refractivity (Wildman–Crippen MR) is 70.3 cm³/mol. The number of hydrogen-bond donors (Lipinski definition) is 0. The number of hydrogen-bond acceptors (Lipinski definition) is 4. The van der Waals surface area contributed by atoms with Gasteiger partial charge in [-0.25, -0.2) is 0 Å². The van der Waals surface area contributed by atoms with E-state index < -0.39 is 0 Å². The molecule has 2 unspecified atom stereocenters. The molecular weight excluding hydrogens is 268 g/mol. The fourth-order valence-corrected chi connectivity index (χ4v) is 2.78. The first-order valence-corrected chi connectivity index (χ1v) is 6.79. The van der Waals surface area contributed by atoms with Gasteiger partial charge in [0.15, 0.2) is 17.3 Å². The number of Topliss-reactive ketones (excluding diaryl/α,β-unsaturated/α-hetero) is 1. The van der Waals surface area contributed by atoms with Gasteiger partial charge in [0.05, 0.1) is 17.0 Å². The summed E-state index contributed by atoms with van der Waals surface area (Å²) in [7, 11) is 0. The van der Waals surface area contributed by atoms with Crippen molar-refractivity contribution in [3.63, 3.8) is 0 Å². The normalized spacial score (nSPS) is 25.4. The van der Waals surface area contributed by atoms with Crippen molar-refractivity contribution >= 4 is 17.4 Å². The first-order valence-electron chi connectivity index (χ1n) is 6.42. The summed E-state index contributed by atoms with van der Waals surface area (Å²) in [6, 6.07) is 3.34. The Bertz CT molecular complexity index is 514. The molecule has 0 aromatic heterocycles. The van der Waals surface area contributed by atoms with E-state index in [4.69, 9.17) is 25.8 Å². The summed E-state index contributed by atoms with van der Waals surface area (Å²) >= 11 is 6.19. The molecule has 4 nitrogen and oxygen atoms in total. The lowest BCUT2D eigenvalue weighted by Crippen LogP contribution is -2.22. The molecule has 2 heterocycles. The van der Waals surface area contributed by atoms with Crippen LogP contribution in [-0.4, -0.2) is 31.7 Å². The Morgan fingerprint density at radius 2 is 1.89 bits per heavy atom. The zero-order valence-corrected chi connectivity index (χ0v) is 11.4. The van der Waals surface area contributed by atoms with Crippen molar-refractivity contribution in [3.05, 3.63) is 22.7 Å². The summed E-state index contributed by atoms with van der Waals surface area (Å²) in [6.45, 7) is 3.54. The van der Waals surface area contributed by atoms with E-state index in [9.17, 15) is 4.79 Å². The smallest absolute Gasteiger partial charge is 0.170 e. The van der Waals surface area contributed by atoms with Crippen molar-refractivity contribution < 1.29 is 19.0 Å². The second-order valence-corrected chi connectivity index (χ2v) is 5.22. The summed E-state index contributed by atoms with van der Waals surface area (Å²) in [4.78, 5) is 12.5. The Kier molecular flexibility index (Phi) is 3.37. The van der Waals surface area contributed by atoms with Crippen LogP contribution < -0.4 is 9.47 Å². The van der Waals surface area contributed by atoms with Crippen LogP contribution in [0.2, 0.25) is 5.02 Å². The number of fused-ring (bicyclic) bond motifs is 1. The second-order valence-electron chi connectivity index (χ2n) is 4.81. The number of ketones is 1. The fraction of sp³-hybridized carbons (Fsp3) is 0.500. The number of ether oxygens (including phenoxy) is 3. The monoisotopic (exact) mass is 282 g/mol. The topological polar surface area (TPSA) is 44.8 Å². The SMILES string of the molecule is CC1OCCC1C(=O)c1cc2c(cc1Cl)OCCO2. The molecule has 3 rings (SSSR count). The van der Waals surface area contributed by atoms with Gasteiger partial charge in [-0.05, 0) is 19.4 Å². The molecule has 1 aromatic carbocycles. The van der Waals surface area contributed by atoms with E-state index >= 15 is 0 Å². The molecule has 0 N–H and O–H groups in total. The van der Waals surface area contributed by atoms with Gasteiger partial charge < -0.3 is 14.2 Å². The van der Waals surface area contributed by atoms with Crippen molar-refractivity contribution in [1.82, 2.24) is 0 Å². The van der Waals surface area contributed by atoms with E-state index in [0.717, 1.165) is 6.42 Å². The van der Waals surface area contributed by atoms with Gasteiger partial charge in [0.25, 0.3) is 0 Å². The minimum absolute atomic E-state index is 0.0203. The Labute approximate surface area is 116 Å². The van der Waals surface area contributed by atoms with E-state index in [1.807, 2.05) is 6.92 Å². The minimum Gasteiger partial charge on any atom is -0.486 e. The second kappa shape index (κ2) is 5.02. The lowest BCUT2D eigenvalue weighted by Gasteiger charge is -2.20. The molecule has 0 aliphatic carbocycles. The van der Waals surface area contributed by atoms with Gasteiger partial charge in [0, 0.05) is 18.2 Å². The standard InChI is InChI=1S/C14H15ClO4/c1-8-9(2-3-17-8)14(16)10-6-12-13(7-11(10)15)19-5-4-18-12/h6-9H,2-5H2,1H3. The summed E-state index contributed by atoms with van der Waals surface area (Å²) in [5, 5.41) is 0.411. The highest BCUT2D eigenvalue weighted by Crippen LogP contribution is 2.37. The predicted octanol–water partition coefficient (Wildman–Crippen LogP) is 2.72. The highest BCUT2D eigenvalue weighted by molar-refractivity contribution is 6.34. The molecule has 0 amide bonds. The molecule has 2 aliphatic rings. The van der Waals surface area contributed by atoms with E-state index in [0.29, 0.717) is 41.9 Å². The maximum atomic E-state index is 12.5. The summed E-state index contributed by atoms with van der Waals surface area (Å²) in [6.07, 6.45) is 0.682. The highest BCUT2D eigenvalue weighted by atomic mass is 35.5. The Morgan fingerprint density at radius 3 is 2.53 bits per heavy atom. The van der Waals surface area contributed by atoms with E-state index in [-0.39, 0.29) is 17.8 Å². The molecule has 2 aliphatic heterocycles. The summed E-state index contributed by atoms with van der Waals surface area (Å²) < 4.78 is 16.4. The van der Waals surface area contributed by atoms with Crippen LogP contribution in [-0.2, 0) is 4.74 Å². The summed E-state index contributed by atoms with van der Waals surface area (Å²) in [5.74, 6) is 1.08. The van der Waals surface area contributed by atoms with E-state index in [1.165, 1.54) is 0 Å². The first kappa shape index (κ1) is 12.8. The molecule has 1 aromatic rings. The largest absolute Gasteiger partial charge is 0.486 e. The van der Waals surface area contributed by atoms with Gasteiger partial charge in [0.1, 0.15) is 13.2 Å². The average Bonchev–Trinajstić information content (AvgIpc) is 2.83. The van der Waals surface area contributed by atoms with E-state index in [2.05, 4.69) is 0 Å². The lowest BCUT2D eigenvalue weighted by molar-refractivity contribution is 0.0763. The van der Waals surface area contributed by atoms with Crippen LogP contribution in [0.5, 0.6) is 11.5 Å². The van der Waals surface area contributed by atoms with Crippen LogP contribution in [0.15, 0.2) is 12.1 Å². The van der Waals surface area contributed by atoms with Gasteiger partial charge in [-0.1, -0.05) is 11.6 Å². The van der Waals surface area contributed by atoms with Crippen LogP contribution in [0.1, 0.15) is 23.7 Å². The first-order chi connectivity index (χ1) is 9.16. The van der Waals surface area contributed by atoms with Gasteiger partial charge in [-0.2, -0.15) is 0 Å². The molecule has 1 saturated heterocycles. The van der Waals surface area contributed by atoms with Crippen molar-refractivity contribution in [2.75, 3.05) is 19.8 Å². The van der Waals surface area contributed by atoms with E-state index in [1.54, 1.807) is 12.1 Å². The van der Waals surface area contributed by atoms with Crippen LogP contribution in [0.4, 0.5) is 0 Å². The number of carbonyl (C=O) groups excluding carboxylic acids is 1. The van der Waals surface area contributed by atoms with Gasteiger partial charge >= 0.3 is 0 Å². The molecule has 0 radical (unpaired) electrons. The Hall–Kier alpha value is -1.26. The van der Waals surface area contributed by atoms with Crippen LogP contribution in [0.25, 0.3) is 0 Å². The number of halogens is 1. The van der Waals surface area contributed by atoms with Crippen molar-refractivity contribution in [3.8, 4) is 11.5 Å². The maximum absolute atomic E-state index is 12.5. The summed E-state index contributed by atoms with van der Waals surface area (Å²) in [5.41, 5.74) is 0.494. The van der Waals surface area contributed by atoms with Crippen LogP contribution in [0, 0.1) is 5.92 Å². The van der Waals surface area contributed by atoms with Crippen molar-refractivity contribution in [2.24, 2.45) is 5.92 Å². The zero-order chi connectivity index (χ0) is 13.4. The molecular formula is C14H15ClO4. The molecule has 0 spiro atoms. The quantitative estimate of drug-likeness (QED) is 0.783. The zero-order valence-electron chi connectivity index (χ0n) is 10.6. The molecule has 1 fully saturated rings. The van der Waals surface area contributed by atoms with Crippen molar-refractivity contribution in [1.29, 1.82) is 0 Å². The number of rotatable bonds is 2. The number of carbonyl (C=O) groups is 1. The lowest BCUT2D eigenvalue weighted by atomic mass is 9.92. The van der Waals surface area contributed by atoms with Gasteiger partial charge in [-0.15, -0.1) is 0 Å². The molecule has 5 heteroatoms. The van der Waals surface area contributed by atoms with Crippen molar-refractivity contribution in [2.45, 2.75) is 19.4 Å². The fourth-order valence-electron chi connectivity index (χ4n) is 2.53. The maximum Gasteiger partial charge on any atom is 0.170 e. The third-order valence-corrected chi connectivity index (χ3v) is 3.92. The Morgan fingerprint density at radius 1 is 1.21 bits per heavy atom. The molecule has 0 saturated carbocycles. The minimum atomic E-state index is -0.125. The Balaban J connectivity index is 1.93. The van der Waals surface area contributed by atoms with Crippen LogP contribution in [0.3, 0.4) is 0 Å². The molecule has 102 valence electrons. The average molecular weight is 283 g/mol. The molecule has 0 bridgehead atoms. The third kappa shape index (κ3) is 2.30. The molecule has 2 atom stereocenters. The van der Waals surface area contributed by atoms with Gasteiger partial charge in [0.2, 0.25) is 0 Å². The third-order valence-electron chi connectivity index (χ3n) is 3.61. The van der Waals surface area contributed by atoms with Gasteiger partial charge in [-0.3, -0.25) is 4.79 Å². The molecule has 19 heavy (non-hydrogen) atoms. The highest BCUT2D eigenvalue weighted by Gasteiger charge is 2.33. The number of benzene rings is 1.